The Morgan fingerprint density at radius 3 is 2.51 bits per heavy atom. The van der Waals surface area contributed by atoms with Crippen molar-refractivity contribution in [1.29, 1.82) is 0 Å². The standard InChI is InChI=1S/C28H32N4O2S/c1-17-7-8-29-24(9-17)32-26(34)22-5-3-4-6-23(22)31-27(32)35-16-25(33)30-18(2)28-13-19-10-20(14-28)12-21(11-19)15-28/h3-9,18-21H,10-16H2,1-2H3,(H,30,33). The summed E-state index contributed by atoms with van der Waals surface area (Å²) in [6, 6.07) is 11.3. The van der Waals surface area contributed by atoms with Crippen molar-refractivity contribution in [1.82, 2.24) is 19.9 Å². The largest absolute Gasteiger partial charge is 0.352 e. The lowest BCUT2D eigenvalue weighted by atomic mass is 9.48. The van der Waals surface area contributed by atoms with Crippen LogP contribution in [0.4, 0.5) is 0 Å². The number of carbonyl (C=O) groups is 1. The van der Waals surface area contributed by atoms with E-state index < -0.39 is 0 Å². The Morgan fingerprint density at radius 2 is 1.83 bits per heavy atom. The van der Waals surface area contributed by atoms with Crippen LogP contribution in [0, 0.1) is 30.1 Å². The van der Waals surface area contributed by atoms with Crippen LogP contribution in [-0.4, -0.2) is 32.2 Å². The van der Waals surface area contributed by atoms with Gasteiger partial charge in [0.15, 0.2) is 5.16 Å². The van der Waals surface area contributed by atoms with E-state index in [9.17, 15) is 9.59 Å². The number of aryl methyl sites for hydroxylation is 1. The molecule has 1 unspecified atom stereocenters. The van der Waals surface area contributed by atoms with E-state index in [0.717, 1.165) is 23.3 Å². The molecular formula is C28H32N4O2S. The molecule has 4 aliphatic carbocycles. The van der Waals surface area contributed by atoms with Crippen molar-refractivity contribution in [2.45, 2.75) is 63.6 Å². The van der Waals surface area contributed by atoms with Gasteiger partial charge in [-0.15, -0.1) is 0 Å². The fourth-order valence-electron chi connectivity index (χ4n) is 7.33. The van der Waals surface area contributed by atoms with Crippen molar-refractivity contribution < 1.29 is 4.79 Å². The van der Waals surface area contributed by atoms with Crippen LogP contribution in [0.2, 0.25) is 0 Å². The van der Waals surface area contributed by atoms with Crippen LogP contribution >= 0.6 is 11.8 Å². The second-order valence-electron chi connectivity index (χ2n) is 11.1. The highest BCUT2D eigenvalue weighted by Gasteiger charge is 2.53. The van der Waals surface area contributed by atoms with Crippen LogP contribution in [0.1, 0.15) is 51.0 Å². The summed E-state index contributed by atoms with van der Waals surface area (Å²) >= 11 is 1.30. The monoisotopic (exact) mass is 488 g/mol. The molecule has 182 valence electrons. The van der Waals surface area contributed by atoms with Crippen LogP contribution in [0.25, 0.3) is 16.7 Å². The van der Waals surface area contributed by atoms with Crippen molar-refractivity contribution in [2.75, 3.05) is 5.75 Å². The first-order chi connectivity index (χ1) is 16.9. The molecular weight excluding hydrogens is 456 g/mol. The summed E-state index contributed by atoms with van der Waals surface area (Å²) in [7, 11) is 0. The highest BCUT2D eigenvalue weighted by atomic mass is 32.2. The van der Waals surface area contributed by atoms with Gasteiger partial charge in [-0.1, -0.05) is 23.9 Å². The molecule has 2 heterocycles. The minimum absolute atomic E-state index is 0.00408. The minimum atomic E-state index is -0.168. The highest BCUT2D eigenvalue weighted by molar-refractivity contribution is 7.99. The van der Waals surface area contributed by atoms with Gasteiger partial charge in [-0.25, -0.2) is 14.5 Å². The molecule has 1 atom stereocenters. The average molecular weight is 489 g/mol. The Morgan fingerprint density at radius 1 is 1.14 bits per heavy atom. The van der Waals surface area contributed by atoms with Gasteiger partial charge in [-0.3, -0.25) is 9.59 Å². The third kappa shape index (κ3) is 4.18. The molecule has 1 amide bonds. The van der Waals surface area contributed by atoms with Crippen LogP contribution in [0.5, 0.6) is 0 Å². The van der Waals surface area contributed by atoms with E-state index in [0.29, 0.717) is 21.9 Å². The summed E-state index contributed by atoms with van der Waals surface area (Å²) in [4.78, 5) is 35.7. The molecule has 0 saturated heterocycles. The molecule has 2 aromatic heterocycles. The van der Waals surface area contributed by atoms with Crippen molar-refractivity contribution in [3.63, 3.8) is 0 Å². The third-order valence-corrected chi connectivity index (χ3v) is 9.53. The Hall–Kier alpha value is -2.67. The molecule has 6 nitrogen and oxygen atoms in total. The molecule has 4 aliphatic rings. The topological polar surface area (TPSA) is 76.9 Å². The third-order valence-electron chi connectivity index (χ3n) is 8.59. The Balaban J connectivity index is 1.23. The Kier molecular flexibility index (Phi) is 5.71. The number of rotatable bonds is 6. The summed E-state index contributed by atoms with van der Waals surface area (Å²) in [5.41, 5.74) is 1.74. The zero-order valence-electron chi connectivity index (χ0n) is 20.4. The first-order valence-electron chi connectivity index (χ1n) is 12.8. The van der Waals surface area contributed by atoms with Crippen LogP contribution in [0.15, 0.2) is 52.5 Å². The average Bonchev–Trinajstić information content (AvgIpc) is 2.82. The number of nitrogens with one attached hydrogen (secondary N) is 1. The fraction of sp³-hybridized carbons (Fsp3) is 0.500. The maximum Gasteiger partial charge on any atom is 0.267 e. The van der Waals surface area contributed by atoms with E-state index in [1.807, 2.05) is 37.3 Å². The lowest BCUT2D eigenvalue weighted by Crippen LogP contribution is -2.56. The number of carbonyl (C=O) groups excluding carboxylic acids is 1. The van der Waals surface area contributed by atoms with Crippen molar-refractivity contribution in [2.24, 2.45) is 23.2 Å². The molecule has 0 radical (unpaired) electrons. The minimum Gasteiger partial charge on any atom is -0.352 e. The van der Waals surface area contributed by atoms with E-state index in [-0.39, 0.29) is 28.7 Å². The molecule has 3 aromatic rings. The van der Waals surface area contributed by atoms with Crippen LogP contribution in [0.3, 0.4) is 0 Å². The normalized spacial score (nSPS) is 27.8. The molecule has 4 saturated carbocycles. The number of fused-ring (bicyclic) bond motifs is 1. The molecule has 7 rings (SSSR count). The maximum atomic E-state index is 13.4. The molecule has 4 fully saturated rings. The second kappa shape index (κ2) is 8.77. The number of aromatic nitrogens is 3. The number of hydrogen-bond donors (Lipinski definition) is 1. The smallest absolute Gasteiger partial charge is 0.267 e. The predicted octanol–water partition coefficient (Wildman–Crippen LogP) is 4.90. The molecule has 0 aliphatic heterocycles. The van der Waals surface area contributed by atoms with Gasteiger partial charge in [-0.05, 0) is 105 Å². The number of amides is 1. The summed E-state index contributed by atoms with van der Waals surface area (Å²) in [6.07, 6.45) is 9.67. The second-order valence-corrected chi connectivity index (χ2v) is 12.0. The maximum absolute atomic E-state index is 13.4. The van der Waals surface area contributed by atoms with Gasteiger partial charge in [-0.2, -0.15) is 0 Å². The number of pyridine rings is 1. The number of hydrogen-bond acceptors (Lipinski definition) is 5. The van der Waals surface area contributed by atoms with Gasteiger partial charge in [0.25, 0.3) is 5.56 Å². The first kappa shape index (κ1) is 22.8. The molecule has 4 bridgehead atoms. The van der Waals surface area contributed by atoms with E-state index in [1.54, 1.807) is 12.3 Å². The van der Waals surface area contributed by atoms with E-state index in [2.05, 4.69) is 17.2 Å². The predicted molar refractivity (Wildman–Crippen MR) is 139 cm³/mol. The molecule has 7 heteroatoms. The number of benzene rings is 1. The number of para-hydroxylation sites is 1. The fourth-order valence-corrected chi connectivity index (χ4v) is 8.14. The lowest BCUT2D eigenvalue weighted by molar-refractivity contribution is -0.123. The molecule has 0 spiro atoms. The Bertz CT molecular complexity index is 1310. The molecule has 1 N–H and O–H groups in total. The summed E-state index contributed by atoms with van der Waals surface area (Å²) in [6.45, 7) is 4.17. The van der Waals surface area contributed by atoms with Crippen molar-refractivity contribution in [3.8, 4) is 5.82 Å². The van der Waals surface area contributed by atoms with Gasteiger partial charge in [0, 0.05) is 12.2 Å². The lowest BCUT2D eigenvalue weighted by Gasteiger charge is -2.59. The molecule has 1 aromatic carbocycles. The number of nitrogens with zero attached hydrogens (tertiary/aromatic N) is 3. The summed E-state index contributed by atoms with van der Waals surface area (Å²) < 4.78 is 1.54. The highest BCUT2D eigenvalue weighted by Crippen LogP contribution is 2.61. The van der Waals surface area contributed by atoms with Gasteiger partial charge in [0.1, 0.15) is 5.82 Å². The van der Waals surface area contributed by atoms with Gasteiger partial charge in [0.05, 0.1) is 16.7 Å². The first-order valence-corrected chi connectivity index (χ1v) is 13.8. The quantitative estimate of drug-likeness (QED) is 0.394. The van der Waals surface area contributed by atoms with E-state index >= 15 is 0 Å². The van der Waals surface area contributed by atoms with Crippen molar-refractivity contribution >= 4 is 28.6 Å². The summed E-state index contributed by atoms with van der Waals surface area (Å²) in [5.74, 6) is 3.31. The van der Waals surface area contributed by atoms with E-state index in [4.69, 9.17) is 4.98 Å². The van der Waals surface area contributed by atoms with Crippen LogP contribution in [-0.2, 0) is 4.79 Å². The van der Waals surface area contributed by atoms with Crippen LogP contribution < -0.4 is 10.9 Å². The Labute approximate surface area is 209 Å². The summed E-state index contributed by atoms with van der Waals surface area (Å²) in [5, 5.41) is 4.37. The van der Waals surface area contributed by atoms with Gasteiger partial charge in [0.2, 0.25) is 5.91 Å². The zero-order chi connectivity index (χ0) is 24.2. The van der Waals surface area contributed by atoms with E-state index in [1.165, 1.54) is 54.9 Å². The zero-order valence-corrected chi connectivity index (χ0v) is 21.2. The van der Waals surface area contributed by atoms with Crippen molar-refractivity contribution in [3.05, 3.63) is 58.5 Å². The van der Waals surface area contributed by atoms with Gasteiger partial charge >= 0.3 is 0 Å². The SMILES string of the molecule is Cc1ccnc(-n2c(SCC(=O)NC(C)C34CC5CC(CC(C5)C3)C4)nc3ccccc3c2=O)c1. The van der Waals surface area contributed by atoms with Gasteiger partial charge < -0.3 is 5.32 Å². The number of thioether (sulfide) groups is 1. The molecule has 35 heavy (non-hydrogen) atoms.